The quantitative estimate of drug-likeness (QED) is 0.690. The lowest BCUT2D eigenvalue weighted by atomic mass is 9.96. The van der Waals surface area contributed by atoms with Crippen LogP contribution in [0.25, 0.3) is 11.6 Å². The number of anilines is 1. The molecule has 0 saturated carbocycles. The molecule has 0 heterocycles. The number of halogens is 3. The molecule has 0 aliphatic rings. The average Bonchev–Trinajstić information content (AvgIpc) is 2.52. The van der Waals surface area contributed by atoms with Crippen LogP contribution in [0.15, 0.2) is 61.7 Å². The van der Waals surface area contributed by atoms with Crippen molar-refractivity contribution in [3.05, 3.63) is 78.4 Å². The number of rotatable bonds is 6. The monoisotopic (exact) mass is 331 g/mol. The van der Waals surface area contributed by atoms with E-state index in [2.05, 4.69) is 18.5 Å². The van der Waals surface area contributed by atoms with E-state index in [0.717, 1.165) is 16.7 Å². The maximum atomic E-state index is 12.5. The zero-order valence-electron chi connectivity index (χ0n) is 13.5. The first-order valence-electron chi connectivity index (χ1n) is 7.63. The predicted molar refractivity (Wildman–Crippen MR) is 94.9 cm³/mol. The Morgan fingerprint density at radius 3 is 2.54 bits per heavy atom. The molecule has 24 heavy (non-hydrogen) atoms. The highest BCUT2D eigenvalue weighted by Gasteiger charge is 2.27. The van der Waals surface area contributed by atoms with Crippen LogP contribution in [0.4, 0.5) is 18.9 Å². The summed E-state index contributed by atoms with van der Waals surface area (Å²) < 4.78 is 37.6. The van der Waals surface area contributed by atoms with Crippen LogP contribution in [0.2, 0.25) is 0 Å². The van der Waals surface area contributed by atoms with Crippen LogP contribution in [-0.2, 0) is 6.42 Å². The topological polar surface area (TPSA) is 12.0 Å². The molecule has 0 spiro atoms. The summed E-state index contributed by atoms with van der Waals surface area (Å²) >= 11 is 0. The highest BCUT2D eigenvalue weighted by atomic mass is 19.4. The van der Waals surface area contributed by atoms with Gasteiger partial charge in [-0.2, -0.15) is 13.2 Å². The Morgan fingerprint density at radius 2 is 1.88 bits per heavy atom. The molecule has 126 valence electrons. The Balaban J connectivity index is 2.14. The standard InChI is InChI=1S/C20H20F3N/c1-4-17-9-5-6-11-19(17)14(2)15(3)24-18-10-7-8-16(12-18)13-20(21,22)23/h4-12,15,24H,1-2,13H2,3H3. The molecule has 0 aromatic heterocycles. The first-order valence-corrected chi connectivity index (χ1v) is 7.63. The molecular formula is C20H20F3N. The minimum atomic E-state index is -4.21. The summed E-state index contributed by atoms with van der Waals surface area (Å²) in [6.45, 7) is 9.85. The van der Waals surface area contributed by atoms with Crippen LogP contribution in [0.3, 0.4) is 0 Å². The number of hydrogen-bond acceptors (Lipinski definition) is 1. The van der Waals surface area contributed by atoms with E-state index in [4.69, 9.17) is 0 Å². The van der Waals surface area contributed by atoms with E-state index < -0.39 is 12.6 Å². The van der Waals surface area contributed by atoms with Crippen LogP contribution in [0, 0.1) is 0 Å². The van der Waals surface area contributed by atoms with Gasteiger partial charge in [0.1, 0.15) is 0 Å². The fourth-order valence-corrected chi connectivity index (χ4v) is 2.54. The summed E-state index contributed by atoms with van der Waals surface area (Å²) in [4.78, 5) is 0. The molecule has 0 fully saturated rings. The molecule has 0 amide bonds. The fourth-order valence-electron chi connectivity index (χ4n) is 2.54. The lowest BCUT2D eigenvalue weighted by Crippen LogP contribution is -2.17. The largest absolute Gasteiger partial charge is 0.393 e. The third-order valence-corrected chi connectivity index (χ3v) is 3.76. The number of hydrogen-bond donors (Lipinski definition) is 1. The Labute approximate surface area is 140 Å². The molecule has 0 radical (unpaired) electrons. The SMILES string of the molecule is C=Cc1ccccc1C(=C)C(C)Nc1cccc(CC(F)(F)F)c1. The van der Waals surface area contributed by atoms with Crippen LogP contribution in [0.5, 0.6) is 0 Å². The van der Waals surface area contributed by atoms with Gasteiger partial charge in [0.15, 0.2) is 0 Å². The third-order valence-electron chi connectivity index (χ3n) is 3.76. The van der Waals surface area contributed by atoms with Gasteiger partial charge in [0.25, 0.3) is 0 Å². The summed E-state index contributed by atoms with van der Waals surface area (Å²) in [5, 5.41) is 3.22. The molecule has 2 aromatic carbocycles. The first kappa shape index (κ1) is 17.9. The summed E-state index contributed by atoms with van der Waals surface area (Å²) in [5.41, 5.74) is 3.67. The minimum absolute atomic E-state index is 0.132. The second-order valence-electron chi connectivity index (χ2n) is 5.67. The van der Waals surface area contributed by atoms with E-state index >= 15 is 0 Å². The molecule has 2 rings (SSSR count). The Kier molecular flexibility index (Phi) is 5.50. The Hall–Kier alpha value is -2.49. The zero-order chi connectivity index (χ0) is 17.7. The van der Waals surface area contributed by atoms with E-state index in [1.807, 2.05) is 31.2 Å². The molecule has 0 aliphatic heterocycles. The Bertz CT molecular complexity index is 732. The number of nitrogens with one attached hydrogen (secondary N) is 1. The molecule has 1 atom stereocenters. The van der Waals surface area contributed by atoms with Crippen molar-refractivity contribution >= 4 is 17.3 Å². The minimum Gasteiger partial charge on any atom is -0.379 e. The first-order chi connectivity index (χ1) is 11.3. The third kappa shape index (κ3) is 4.75. The summed E-state index contributed by atoms with van der Waals surface area (Å²) in [7, 11) is 0. The summed E-state index contributed by atoms with van der Waals surface area (Å²) in [6.07, 6.45) is -3.38. The van der Waals surface area contributed by atoms with E-state index in [0.29, 0.717) is 5.69 Å². The molecule has 1 unspecified atom stereocenters. The average molecular weight is 331 g/mol. The van der Waals surface area contributed by atoms with Crippen molar-refractivity contribution in [2.75, 3.05) is 5.32 Å². The van der Waals surface area contributed by atoms with Crippen molar-refractivity contribution in [2.45, 2.75) is 25.6 Å². The summed E-state index contributed by atoms with van der Waals surface area (Å²) in [6, 6.07) is 14.0. The lowest BCUT2D eigenvalue weighted by molar-refractivity contribution is -0.127. The van der Waals surface area contributed by atoms with Gasteiger partial charge in [-0.15, -0.1) is 0 Å². The maximum absolute atomic E-state index is 12.5. The van der Waals surface area contributed by atoms with Gasteiger partial charge in [0, 0.05) is 11.7 Å². The number of alkyl halides is 3. The van der Waals surface area contributed by atoms with Crippen molar-refractivity contribution in [2.24, 2.45) is 0 Å². The molecular weight excluding hydrogens is 311 g/mol. The van der Waals surface area contributed by atoms with Gasteiger partial charge in [-0.25, -0.2) is 0 Å². The van der Waals surface area contributed by atoms with Gasteiger partial charge in [-0.05, 0) is 41.3 Å². The summed E-state index contributed by atoms with van der Waals surface area (Å²) in [5.74, 6) is 0. The van der Waals surface area contributed by atoms with E-state index in [1.54, 1.807) is 18.2 Å². The molecule has 0 saturated heterocycles. The second-order valence-corrected chi connectivity index (χ2v) is 5.67. The van der Waals surface area contributed by atoms with Gasteiger partial charge in [-0.3, -0.25) is 0 Å². The fraction of sp³-hybridized carbons (Fsp3) is 0.200. The van der Waals surface area contributed by atoms with Crippen LogP contribution < -0.4 is 5.32 Å². The van der Waals surface area contributed by atoms with E-state index in [1.165, 1.54) is 12.1 Å². The smallest absolute Gasteiger partial charge is 0.379 e. The van der Waals surface area contributed by atoms with Crippen molar-refractivity contribution in [3.63, 3.8) is 0 Å². The molecule has 1 N–H and O–H groups in total. The van der Waals surface area contributed by atoms with Gasteiger partial charge >= 0.3 is 6.18 Å². The van der Waals surface area contributed by atoms with Gasteiger partial charge in [0.2, 0.25) is 0 Å². The van der Waals surface area contributed by atoms with Crippen LogP contribution in [-0.4, -0.2) is 12.2 Å². The van der Waals surface area contributed by atoms with Crippen LogP contribution in [0.1, 0.15) is 23.6 Å². The van der Waals surface area contributed by atoms with Crippen molar-refractivity contribution in [1.82, 2.24) is 0 Å². The highest BCUT2D eigenvalue weighted by molar-refractivity contribution is 5.77. The van der Waals surface area contributed by atoms with Crippen molar-refractivity contribution in [3.8, 4) is 0 Å². The van der Waals surface area contributed by atoms with Gasteiger partial charge in [0.05, 0.1) is 6.42 Å². The van der Waals surface area contributed by atoms with Gasteiger partial charge in [-0.1, -0.05) is 55.6 Å². The van der Waals surface area contributed by atoms with Crippen molar-refractivity contribution < 1.29 is 13.2 Å². The van der Waals surface area contributed by atoms with Gasteiger partial charge < -0.3 is 5.32 Å². The Morgan fingerprint density at radius 1 is 1.17 bits per heavy atom. The second kappa shape index (κ2) is 7.39. The molecule has 4 heteroatoms. The van der Waals surface area contributed by atoms with E-state index in [9.17, 15) is 13.2 Å². The van der Waals surface area contributed by atoms with Crippen LogP contribution >= 0.6 is 0 Å². The molecule has 0 bridgehead atoms. The lowest BCUT2D eigenvalue weighted by Gasteiger charge is -2.20. The molecule has 1 nitrogen and oxygen atoms in total. The normalized spacial score (nSPS) is 12.5. The maximum Gasteiger partial charge on any atom is 0.393 e. The van der Waals surface area contributed by atoms with Crippen molar-refractivity contribution in [1.29, 1.82) is 0 Å². The molecule has 2 aromatic rings. The number of benzene rings is 2. The highest BCUT2D eigenvalue weighted by Crippen LogP contribution is 2.26. The predicted octanol–water partition coefficient (Wildman–Crippen LogP) is 5.95. The molecule has 0 aliphatic carbocycles. The zero-order valence-corrected chi connectivity index (χ0v) is 13.5. The van der Waals surface area contributed by atoms with E-state index in [-0.39, 0.29) is 11.6 Å².